The first-order valence-electron chi connectivity index (χ1n) is 5.22. The van der Waals surface area contributed by atoms with Crippen molar-refractivity contribution in [3.63, 3.8) is 0 Å². The van der Waals surface area contributed by atoms with Crippen LogP contribution >= 0.6 is 11.3 Å². The molecule has 2 rings (SSSR count). The topological polar surface area (TPSA) is 88.0 Å². The van der Waals surface area contributed by atoms with Crippen LogP contribution in [0.1, 0.15) is 29.3 Å². The van der Waals surface area contributed by atoms with E-state index in [1.807, 2.05) is 19.2 Å². The zero-order chi connectivity index (χ0) is 13.2. The van der Waals surface area contributed by atoms with Crippen LogP contribution in [-0.2, 0) is 5.54 Å². The van der Waals surface area contributed by atoms with Crippen molar-refractivity contribution >= 4 is 23.1 Å². The average Bonchev–Trinajstić information content (AvgIpc) is 2.82. The monoisotopic (exact) mass is 264 g/mol. The zero-order valence-electron chi connectivity index (χ0n) is 9.91. The largest absolute Gasteiger partial charge is 0.476 e. The van der Waals surface area contributed by atoms with E-state index in [0.717, 1.165) is 5.01 Å². The van der Waals surface area contributed by atoms with E-state index in [1.165, 1.54) is 23.7 Å². The van der Waals surface area contributed by atoms with Crippen molar-refractivity contribution in [2.24, 2.45) is 0 Å². The maximum absolute atomic E-state index is 10.8. The smallest absolute Gasteiger partial charge is 0.356 e. The number of nitrogens with one attached hydrogen (secondary N) is 1. The van der Waals surface area contributed by atoms with Crippen LogP contribution in [0, 0.1) is 0 Å². The number of carboxylic acid groups (broad SMARTS) is 1. The molecule has 0 spiro atoms. The van der Waals surface area contributed by atoms with Crippen molar-refractivity contribution in [2.75, 3.05) is 5.32 Å². The van der Waals surface area contributed by atoms with Crippen molar-refractivity contribution in [2.45, 2.75) is 19.4 Å². The molecule has 0 aliphatic rings. The van der Waals surface area contributed by atoms with Gasteiger partial charge in [-0.3, -0.25) is 4.98 Å². The second-order valence-corrected chi connectivity index (χ2v) is 5.08. The van der Waals surface area contributed by atoms with Crippen molar-refractivity contribution < 1.29 is 9.90 Å². The molecule has 2 aromatic rings. The lowest BCUT2D eigenvalue weighted by atomic mass is 10.1. The number of rotatable bonds is 4. The van der Waals surface area contributed by atoms with Gasteiger partial charge in [0.25, 0.3) is 0 Å². The Morgan fingerprint density at radius 1 is 1.44 bits per heavy atom. The maximum atomic E-state index is 10.8. The summed E-state index contributed by atoms with van der Waals surface area (Å²) in [6.45, 7) is 3.89. The molecule has 0 amide bonds. The molecule has 0 fully saturated rings. The summed E-state index contributed by atoms with van der Waals surface area (Å²) < 4.78 is 0. The van der Waals surface area contributed by atoms with E-state index in [-0.39, 0.29) is 5.69 Å². The molecule has 0 aliphatic carbocycles. The molecule has 2 N–H and O–H groups in total. The molecule has 0 unspecified atom stereocenters. The highest BCUT2D eigenvalue weighted by atomic mass is 32.1. The molecule has 0 saturated carbocycles. The molecule has 18 heavy (non-hydrogen) atoms. The third kappa shape index (κ3) is 2.62. The van der Waals surface area contributed by atoms with Gasteiger partial charge >= 0.3 is 5.97 Å². The minimum Gasteiger partial charge on any atom is -0.476 e. The van der Waals surface area contributed by atoms with Gasteiger partial charge in [-0.2, -0.15) is 0 Å². The quantitative estimate of drug-likeness (QED) is 0.877. The van der Waals surface area contributed by atoms with Gasteiger partial charge in [0.1, 0.15) is 10.8 Å². The summed E-state index contributed by atoms with van der Waals surface area (Å²) in [6.07, 6.45) is 4.43. The Balaban J connectivity index is 2.24. The predicted molar refractivity (Wildman–Crippen MR) is 67.8 cm³/mol. The highest BCUT2D eigenvalue weighted by Gasteiger charge is 2.23. The number of nitrogens with zero attached hydrogens (tertiary/aromatic N) is 3. The van der Waals surface area contributed by atoms with Gasteiger partial charge in [-0.05, 0) is 13.8 Å². The Morgan fingerprint density at radius 3 is 2.83 bits per heavy atom. The molecule has 0 atom stereocenters. The molecule has 0 aromatic carbocycles. The van der Waals surface area contributed by atoms with Gasteiger partial charge in [-0.25, -0.2) is 14.8 Å². The molecule has 0 saturated heterocycles. The zero-order valence-corrected chi connectivity index (χ0v) is 10.7. The first-order valence-corrected chi connectivity index (χ1v) is 6.10. The molecule has 2 aromatic heterocycles. The Kier molecular flexibility index (Phi) is 3.24. The van der Waals surface area contributed by atoms with E-state index in [1.54, 1.807) is 6.20 Å². The average molecular weight is 264 g/mol. The van der Waals surface area contributed by atoms with Gasteiger partial charge in [0.15, 0.2) is 5.69 Å². The highest BCUT2D eigenvalue weighted by Crippen LogP contribution is 2.25. The maximum Gasteiger partial charge on any atom is 0.356 e. The van der Waals surface area contributed by atoms with Gasteiger partial charge < -0.3 is 10.4 Å². The van der Waals surface area contributed by atoms with Crippen LogP contribution in [0.5, 0.6) is 0 Å². The van der Waals surface area contributed by atoms with Crippen LogP contribution in [0.3, 0.4) is 0 Å². The second kappa shape index (κ2) is 4.69. The molecule has 7 heteroatoms. The van der Waals surface area contributed by atoms with Crippen LogP contribution in [0.15, 0.2) is 24.0 Å². The summed E-state index contributed by atoms with van der Waals surface area (Å²) in [5, 5.41) is 14.8. The van der Waals surface area contributed by atoms with E-state index in [2.05, 4.69) is 20.3 Å². The summed E-state index contributed by atoms with van der Waals surface area (Å²) in [5.41, 5.74) is -0.519. The summed E-state index contributed by atoms with van der Waals surface area (Å²) in [7, 11) is 0. The summed E-state index contributed by atoms with van der Waals surface area (Å²) >= 11 is 1.52. The summed E-state index contributed by atoms with van der Waals surface area (Å²) in [6, 6.07) is 0. The van der Waals surface area contributed by atoms with E-state index in [4.69, 9.17) is 5.11 Å². The minimum atomic E-state index is -1.10. The number of aromatic carboxylic acids is 1. The van der Waals surface area contributed by atoms with Crippen LogP contribution < -0.4 is 5.32 Å². The Hall–Kier alpha value is -2.02. The third-order valence-corrected chi connectivity index (χ3v) is 3.36. The first-order chi connectivity index (χ1) is 8.49. The molecule has 0 radical (unpaired) electrons. The molecule has 0 bridgehead atoms. The van der Waals surface area contributed by atoms with Crippen molar-refractivity contribution in [1.82, 2.24) is 15.0 Å². The van der Waals surface area contributed by atoms with E-state index in [0.29, 0.717) is 5.82 Å². The van der Waals surface area contributed by atoms with E-state index >= 15 is 0 Å². The number of anilines is 1. The fraction of sp³-hybridized carbons (Fsp3) is 0.273. The summed E-state index contributed by atoms with van der Waals surface area (Å²) in [4.78, 5) is 22.9. The lowest BCUT2D eigenvalue weighted by Gasteiger charge is -2.24. The van der Waals surface area contributed by atoms with Crippen LogP contribution in [0.4, 0.5) is 5.82 Å². The molecular formula is C11H12N4O2S. The molecule has 94 valence electrons. The summed E-state index contributed by atoms with van der Waals surface area (Å²) in [5.74, 6) is -0.687. The third-order valence-electron chi connectivity index (χ3n) is 2.26. The van der Waals surface area contributed by atoms with Crippen LogP contribution in [0.2, 0.25) is 0 Å². The SMILES string of the molecule is CC(C)(Nc1cncc(C(=O)O)n1)c1nccs1. The fourth-order valence-corrected chi connectivity index (χ4v) is 2.15. The minimum absolute atomic E-state index is 0.0880. The Bertz CT molecular complexity index is 554. The standard InChI is InChI=1S/C11H12N4O2S/c1-11(2,10-13-3-4-18-10)15-8-6-12-5-7(14-8)9(16)17/h3-6H,1-2H3,(H,14,15)(H,16,17). The fourth-order valence-electron chi connectivity index (χ4n) is 1.44. The van der Waals surface area contributed by atoms with Crippen LogP contribution in [-0.4, -0.2) is 26.0 Å². The van der Waals surface area contributed by atoms with Crippen molar-refractivity contribution in [1.29, 1.82) is 0 Å². The lowest BCUT2D eigenvalue weighted by molar-refractivity contribution is 0.0690. The number of aromatic nitrogens is 3. The number of carbonyl (C=O) groups is 1. The predicted octanol–water partition coefficient (Wildman–Crippen LogP) is 1.98. The molecule has 0 aliphatic heterocycles. The molecular weight excluding hydrogens is 252 g/mol. The van der Waals surface area contributed by atoms with Gasteiger partial charge in [0.2, 0.25) is 0 Å². The number of carboxylic acids is 1. The van der Waals surface area contributed by atoms with E-state index in [9.17, 15) is 4.79 Å². The molecule has 2 heterocycles. The van der Waals surface area contributed by atoms with Crippen LogP contribution in [0.25, 0.3) is 0 Å². The van der Waals surface area contributed by atoms with Gasteiger partial charge in [0.05, 0.1) is 17.9 Å². The van der Waals surface area contributed by atoms with Gasteiger partial charge in [-0.1, -0.05) is 0 Å². The highest BCUT2D eigenvalue weighted by molar-refractivity contribution is 7.09. The Morgan fingerprint density at radius 2 is 2.22 bits per heavy atom. The van der Waals surface area contributed by atoms with E-state index < -0.39 is 11.5 Å². The lowest BCUT2D eigenvalue weighted by Crippen LogP contribution is -2.28. The Labute approximate surface area is 108 Å². The number of hydrogen-bond donors (Lipinski definition) is 2. The number of thiazole rings is 1. The second-order valence-electron chi connectivity index (χ2n) is 4.18. The normalized spacial score (nSPS) is 11.2. The van der Waals surface area contributed by atoms with Crippen molar-refractivity contribution in [3.05, 3.63) is 34.7 Å². The molecule has 6 nitrogen and oxygen atoms in total. The number of hydrogen-bond acceptors (Lipinski definition) is 6. The van der Waals surface area contributed by atoms with Gasteiger partial charge in [0, 0.05) is 11.6 Å². The van der Waals surface area contributed by atoms with Gasteiger partial charge in [-0.15, -0.1) is 11.3 Å². The first kappa shape index (κ1) is 12.4. The van der Waals surface area contributed by atoms with Crippen molar-refractivity contribution in [3.8, 4) is 0 Å².